The number of amides is 1. The standard InChI is InChI=1S/C14H12N6O/c15-20-12-8-10(9-4-1-2-5-11(9)18-12)13(21)19-14-16-6-3-7-17-14/h1-8H,15H2,(H,18,20)(H,16,17,19,21). The van der Waals surface area contributed by atoms with Crippen LogP contribution in [0.25, 0.3) is 10.9 Å². The Morgan fingerprint density at radius 2 is 1.86 bits per heavy atom. The van der Waals surface area contributed by atoms with Gasteiger partial charge in [-0.15, -0.1) is 0 Å². The van der Waals surface area contributed by atoms with Gasteiger partial charge in [0.25, 0.3) is 5.91 Å². The number of carbonyl (C=O) groups excluding carboxylic acids is 1. The number of fused-ring (bicyclic) bond motifs is 1. The SMILES string of the molecule is NNc1cc(C(=O)Nc2ncccn2)c2ccccc2n1. The van der Waals surface area contributed by atoms with Gasteiger partial charge in [-0.05, 0) is 18.2 Å². The van der Waals surface area contributed by atoms with Crippen molar-refractivity contribution in [2.24, 2.45) is 5.84 Å². The predicted octanol–water partition coefficient (Wildman–Crippen LogP) is 1.56. The Labute approximate surface area is 120 Å². The molecule has 7 heteroatoms. The second-order valence-corrected chi connectivity index (χ2v) is 4.24. The van der Waals surface area contributed by atoms with Crippen molar-refractivity contribution in [2.45, 2.75) is 0 Å². The molecule has 0 radical (unpaired) electrons. The molecule has 7 nitrogen and oxygen atoms in total. The lowest BCUT2D eigenvalue weighted by Gasteiger charge is -2.09. The van der Waals surface area contributed by atoms with E-state index in [9.17, 15) is 4.79 Å². The number of benzene rings is 1. The summed E-state index contributed by atoms with van der Waals surface area (Å²) < 4.78 is 0. The van der Waals surface area contributed by atoms with Gasteiger partial charge in [0.2, 0.25) is 5.95 Å². The quantitative estimate of drug-likeness (QED) is 0.496. The van der Waals surface area contributed by atoms with E-state index in [4.69, 9.17) is 5.84 Å². The highest BCUT2D eigenvalue weighted by molar-refractivity contribution is 6.12. The highest BCUT2D eigenvalue weighted by atomic mass is 16.1. The Morgan fingerprint density at radius 3 is 2.62 bits per heavy atom. The zero-order valence-corrected chi connectivity index (χ0v) is 10.9. The summed E-state index contributed by atoms with van der Waals surface area (Å²) in [5.74, 6) is 5.72. The number of hydrogen-bond acceptors (Lipinski definition) is 6. The molecule has 2 heterocycles. The topological polar surface area (TPSA) is 106 Å². The van der Waals surface area contributed by atoms with Crippen LogP contribution in [0, 0.1) is 0 Å². The molecule has 0 fully saturated rings. The highest BCUT2D eigenvalue weighted by Gasteiger charge is 2.13. The Balaban J connectivity index is 2.04. The lowest BCUT2D eigenvalue weighted by molar-refractivity contribution is 0.102. The smallest absolute Gasteiger partial charge is 0.258 e. The number of nitrogens with two attached hydrogens (primary N) is 1. The van der Waals surface area contributed by atoms with Gasteiger partial charge >= 0.3 is 0 Å². The number of nitrogens with zero attached hydrogens (tertiary/aromatic N) is 3. The molecule has 0 spiro atoms. The van der Waals surface area contributed by atoms with Crippen LogP contribution in [0.2, 0.25) is 0 Å². The van der Waals surface area contributed by atoms with Crippen molar-refractivity contribution >= 4 is 28.6 Å². The van der Waals surface area contributed by atoms with E-state index in [2.05, 4.69) is 25.7 Å². The van der Waals surface area contributed by atoms with Crippen LogP contribution < -0.4 is 16.6 Å². The fourth-order valence-corrected chi connectivity index (χ4v) is 1.97. The number of pyridine rings is 1. The molecule has 0 aliphatic rings. The number of hydrazine groups is 1. The third-order valence-corrected chi connectivity index (χ3v) is 2.90. The Kier molecular flexibility index (Phi) is 3.40. The molecule has 3 rings (SSSR count). The minimum Gasteiger partial charge on any atom is -0.308 e. The predicted molar refractivity (Wildman–Crippen MR) is 79.5 cm³/mol. The van der Waals surface area contributed by atoms with Crippen molar-refractivity contribution in [3.8, 4) is 0 Å². The second-order valence-electron chi connectivity index (χ2n) is 4.24. The van der Waals surface area contributed by atoms with Gasteiger partial charge in [0.05, 0.1) is 11.1 Å². The van der Waals surface area contributed by atoms with Gasteiger partial charge in [0, 0.05) is 17.8 Å². The van der Waals surface area contributed by atoms with Gasteiger partial charge in [-0.2, -0.15) is 0 Å². The number of anilines is 2. The fraction of sp³-hybridized carbons (Fsp3) is 0. The van der Waals surface area contributed by atoms with E-state index in [0.29, 0.717) is 16.9 Å². The average molecular weight is 280 g/mol. The molecule has 4 N–H and O–H groups in total. The first-order chi connectivity index (χ1) is 10.3. The molecule has 1 aromatic carbocycles. The summed E-state index contributed by atoms with van der Waals surface area (Å²) >= 11 is 0. The number of rotatable bonds is 3. The first-order valence-corrected chi connectivity index (χ1v) is 6.22. The molecule has 0 aliphatic heterocycles. The van der Waals surface area contributed by atoms with E-state index >= 15 is 0 Å². The summed E-state index contributed by atoms with van der Waals surface area (Å²) in [6.07, 6.45) is 3.11. The average Bonchev–Trinajstić information content (AvgIpc) is 2.54. The third-order valence-electron chi connectivity index (χ3n) is 2.90. The van der Waals surface area contributed by atoms with E-state index < -0.39 is 0 Å². The Morgan fingerprint density at radius 1 is 1.10 bits per heavy atom. The summed E-state index contributed by atoms with van der Waals surface area (Å²) in [6, 6.07) is 10.6. The van der Waals surface area contributed by atoms with Crippen molar-refractivity contribution in [3.63, 3.8) is 0 Å². The Bertz CT molecular complexity index is 790. The van der Waals surface area contributed by atoms with Crippen LogP contribution in [0.1, 0.15) is 10.4 Å². The lowest BCUT2D eigenvalue weighted by Crippen LogP contribution is -2.16. The minimum absolute atomic E-state index is 0.241. The van der Waals surface area contributed by atoms with Crippen LogP contribution in [0.15, 0.2) is 48.8 Å². The van der Waals surface area contributed by atoms with Crippen molar-refractivity contribution in [2.75, 3.05) is 10.7 Å². The van der Waals surface area contributed by atoms with Crippen LogP contribution in [-0.4, -0.2) is 20.9 Å². The zero-order valence-electron chi connectivity index (χ0n) is 10.9. The van der Waals surface area contributed by atoms with E-state index in [1.54, 1.807) is 24.5 Å². The van der Waals surface area contributed by atoms with Crippen LogP contribution >= 0.6 is 0 Å². The number of para-hydroxylation sites is 1. The number of hydrogen-bond donors (Lipinski definition) is 3. The maximum absolute atomic E-state index is 12.4. The largest absolute Gasteiger partial charge is 0.308 e. The van der Waals surface area contributed by atoms with Gasteiger partial charge in [0.1, 0.15) is 5.82 Å². The zero-order chi connectivity index (χ0) is 14.7. The van der Waals surface area contributed by atoms with Crippen LogP contribution in [-0.2, 0) is 0 Å². The molecule has 0 atom stereocenters. The highest BCUT2D eigenvalue weighted by Crippen LogP contribution is 2.21. The number of nitrogen functional groups attached to an aromatic ring is 1. The van der Waals surface area contributed by atoms with Gasteiger partial charge < -0.3 is 5.43 Å². The third kappa shape index (κ3) is 2.63. The molecule has 21 heavy (non-hydrogen) atoms. The Hall–Kier alpha value is -3.06. The lowest BCUT2D eigenvalue weighted by atomic mass is 10.1. The van der Waals surface area contributed by atoms with E-state index in [1.165, 1.54) is 0 Å². The molecule has 3 aromatic rings. The molecule has 0 unspecified atom stereocenters. The van der Waals surface area contributed by atoms with Crippen molar-refractivity contribution in [3.05, 3.63) is 54.4 Å². The van der Waals surface area contributed by atoms with Crippen molar-refractivity contribution in [1.29, 1.82) is 0 Å². The first-order valence-electron chi connectivity index (χ1n) is 6.22. The molecular weight excluding hydrogens is 268 g/mol. The van der Waals surface area contributed by atoms with Gasteiger partial charge in [-0.3, -0.25) is 10.1 Å². The normalized spacial score (nSPS) is 10.3. The minimum atomic E-state index is -0.323. The van der Waals surface area contributed by atoms with Crippen LogP contribution in [0.5, 0.6) is 0 Å². The molecular formula is C14H12N6O. The molecule has 104 valence electrons. The summed E-state index contributed by atoms with van der Waals surface area (Å²) in [5.41, 5.74) is 3.57. The van der Waals surface area contributed by atoms with Gasteiger partial charge in [0.15, 0.2) is 0 Å². The summed E-state index contributed by atoms with van der Waals surface area (Å²) in [4.78, 5) is 24.6. The maximum atomic E-state index is 12.4. The van der Waals surface area contributed by atoms with Crippen LogP contribution in [0.3, 0.4) is 0 Å². The van der Waals surface area contributed by atoms with E-state index in [-0.39, 0.29) is 11.9 Å². The summed E-state index contributed by atoms with van der Waals surface area (Å²) in [7, 11) is 0. The first kappa shape index (κ1) is 12.9. The maximum Gasteiger partial charge on any atom is 0.258 e. The van der Waals surface area contributed by atoms with Crippen LogP contribution in [0.4, 0.5) is 11.8 Å². The monoisotopic (exact) mass is 280 g/mol. The number of carbonyl (C=O) groups is 1. The van der Waals surface area contributed by atoms with E-state index in [1.807, 2.05) is 24.3 Å². The van der Waals surface area contributed by atoms with Crippen molar-refractivity contribution < 1.29 is 4.79 Å². The molecule has 0 saturated heterocycles. The molecule has 0 saturated carbocycles. The van der Waals surface area contributed by atoms with Gasteiger partial charge in [-0.1, -0.05) is 18.2 Å². The number of nitrogens with one attached hydrogen (secondary N) is 2. The molecule has 0 aliphatic carbocycles. The van der Waals surface area contributed by atoms with E-state index in [0.717, 1.165) is 5.39 Å². The molecule has 2 aromatic heterocycles. The molecule has 0 bridgehead atoms. The fourth-order valence-electron chi connectivity index (χ4n) is 1.97. The summed E-state index contributed by atoms with van der Waals surface area (Å²) in [5, 5.41) is 3.37. The van der Waals surface area contributed by atoms with Crippen molar-refractivity contribution in [1.82, 2.24) is 15.0 Å². The van der Waals surface area contributed by atoms with Gasteiger partial charge in [-0.25, -0.2) is 20.8 Å². The summed E-state index contributed by atoms with van der Waals surface area (Å²) in [6.45, 7) is 0. The second kappa shape index (κ2) is 5.51. The number of aromatic nitrogens is 3. The molecule has 1 amide bonds.